The van der Waals surface area contributed by atoms with Crippen LogP contribution < -0.4 is 5.32 Å². The molecule has 1 amide bonds. The van der Waals surface area contributed by atoms with Gasteiger partial charge in [0.1, 0.15) is 0 Å². The number of amides is 1. The number of hydrogen-bond acceptors (Lipinski definition) is 2. The summed E-state index contributed by atoms with van der Waals surface area (Å²) in [5.41, 5.74) is -0.0484. The van der Waals surface area contributed by atoms with Crippen molar-refractivity contribution in [3.8, 4) is 0 Å². The van der Waals surface area contributed by atoms with Gasteiger partial charge in [-0.2, -0.15) is 0 Å². The van der Waals surface area contributed by atoms with E-state index in [0.717, 1.165) is 0 Å². The number of nitrogens with one attached hydrogen (secondary N) is 1. The van der Waals surface area contributed by atoms with Crippen molar-refractivity contribution in [2.24, 2.45) is 5.41 Å². The van der Waals surface area contributed by atoms with Gasteiger partial charge in [-0.3, -0.25) is 9.59 Å². The summed E-state index contributed by atoms with van der Waals surface area (Å²) < 4.78 is 0.623. The molecular weight excluding hydrogens is 346 g/mol. The van der Waals surface area contributed by atoms with Crippen molar-refractivity contribution in [2.75, 3.05) is 0 Å². The highest BCUT2D eigenvalue weighted by molar-refractivity contribution is 9.10. The molecule has 110 valence electrons. The van der Waals surface area contributed by atoms with Gasteiger partial charge in [0.25, 0.3) is 5.91 Å². The van der Waals surface area contributed by atoms with Crippen LogP contribution in [0.25, 0.3) is 0 Å². The second kappa shape index (κ2) is 6.59. The predicted octanol–water partition coefficient (Wildman–Crippen LogP) is 3.72. The Morgan fingerprint density at radius 2 is 2.00 bits per heavy atom. The van der Waals surface area contributed by atoms with Crippen LogP contribution in [0.4, 0.5) is 0 Å². The second-order valence-corrected chi connectivity index (χ2v) is 6.82. The van der Waals surface area contributed by atoms with E-state index >= 15 is 0 Å². The number of aliphatic carboxylic acids is 1. The summed E-state index contributed by atoms with van der Waals surface area (Å²) >= 11 is 9.32. The fourth-order valence-electron chi connectivity index (χ4n) is 1.66. The Morgan fingerprint density at radius 3 is 2.50 bits per heavy atom. The van der Waals surface area contributed by atoms with E-state index in [0.29, 0.717) is 15.1 Å². The van der Waals surface area contributed by atoms with Gasteiger partial charge in [-0.05, 0) is 33.5 Å². The topological polar surface area (TPSA) is 66.4 Å². The molecule has 0 fully saturated rings. The van der Waals surface area contributed by atoms with E-state index in [9.17, 15) is 9.59 Å². The van der Waals surface area contributed by atoms with Crippen LogP contribution in [-0.4, -0.2) is 23.0 Å². The molecule has 0 aliphatic heterocycles. The first kappa shape index (κ1) is 17.0. The first-order chi connectivity index (χ1) is 9.12. The van der Waals surface area contributed by atoms with Gasteiger partial charge in [0.15, 0.2) is 0 Å². The Balaban J connectivity index is 2.96. The van der Waals surface area contributed by atoms with Gasteiger partial charge in [0.05, 0.1) is 17.0 Å². The molecule has 2 N–H and O–H groups in total. The molecule has 1 unspecified atom stereocenters. The van der Waals surface area contributed by atoms with E-state index in [1.165, 1.54) is 0 Å². The number of halogens is 2. The normalized spacial score (nSPS) is 12.8. The summed E-state index contributed by atoms with van der Waals surface area (Å²) in [7, 11) is 0. The van der Waals surface area contributed by atoms with Crippen LogP contribution in [0.2, 0.25) is 5.02 Å². The molecule has 0 aliphatic carbocycles. The highest BCUT2D eigenvalue weighted by Crippen LogP contribution is 2.27. The third-order valence-corrected chi connectivity index (χ3v) is 4.22. The van der Waals surface area contributed by atoms with Gasteiger partial charge in [0, 0.05) is 10.5 Å². The van der Waals surface area contributed by atoms with E-state index < -0.39 is 12.0 Å². The molecule has 0 heterocycles. The number of rotatable bonds is 4. The highest BCUT2D eigenvalue weighted by atomic mass is 79.9. The van der Waals surface area contributed by atoms with Crippen molar-refractivity contribution in [1.29, 1.82) is 0 Å². The number of carbonyl (C=O) groups excluding carboxylic acids is 1. The van der Waals surface area contributed by atoms with E-state index in [-0.39, 0.29) is 17.7 Å². The zero-order chi connectivity index (χ0) is 15.5. The smallest absolute Gasteiger partial charge is 0.305 e. The third kappa shape index (κ3) is 4.49. The van der Waals surface area contributed by atoms with Gasteiger partial charge in [-0.15, -0.1) is 0 Å². The summed E-state index contributed by atoms with van der Waals surface area (Å²) in [6, 6.07) is 4.55. The zero-order valence-corrected chi connectivity index (χ0v) is 13.9. The van der Waals surface area contributed by atoms with Gasteiger partial charge < -0.3 is 10.4 Å². The summed E-state index contributed by atoms with van der Waals surface area (Å²) in [5.74, 6) is -1.33. The Hall–Kier alpha value is -1.07. The number of hydrogen-bond donors (Lipinski definition) is 2. The fourth-order valence-corrected chi connectivity index (χ4v) is 2.24. The van der Waals surface area contributed by atoms with Crippen LogP contribution in [-0.2, 0) is 4.79 Å². The van der Waals surface area contributed by atoms with Gasteiger partial charge in [-0.25, -0.2) is 0 Å². The molecule has 0 spiro atoms. The summed E-state index contributed by atoms with van der Waals surface area (Å²) in [4.78, 5) is 23.2. The predicted molar refractivity (Wildman–Crippen MR) is 82.1 cm³/mol. The molecule has 0 aliphatic rings. The molecule has 0 bridgehead atoms. The molecule has 0 aromatic heterocycles. The minimum atomic E-state index is -0.953. The van der Waals surface area contributed by atoms with Crippen LogP contribution in [0, 0.1) is 5.41 Å². The molecule has 0 radical (unpaired) electrons. The molecule has 6 heteroatoms. The van der Waals surface area contributed by atoms with Crippen molar-refractivity contribution in [2.45, 2.75) is 33.2 Å². The van der Waals surface area contributed by atoms with E-state index in [4.69, 9.17) is 16.7 Å². The SMILES string of the molecule is CC(C)(C)C(CC(=O)O)NC(=O)c1cccc(Br)c1Cl. The molecule has 1 rings (SSSR count). The Morgan fingerprint density at radius 1 is 1.40 bits per heavy atom. The lowest BCUT2D eigenvalue weighted by molar-refractivity contribution is -0.138. The first-order valence-electron chi connectivity index (χ1n) is 6.09. The maximum Gasteiger partial charge on any atom is 0.305 e. The van der Waals surface area contributed by atoms with Crippen LogP contribution in [0.15, 0.2) is 22.7 Å². The Bertz CT molecular complexity index is 526. The van der Waals surface area contributed by atoms with E-state index in [1.54, 1.807) is 18.2 Å². The largest absolute Gasteiger partial charge is 0.481 e. The van der Waals surface area contributed by atoms with Gasteiger partial charge in [-0.1, -0.05) is 38.4 Å². The first-order valence-corrected chi connectivity index (χ1v) is 7.26. The molecule has 1 aromatic carbocycles. The summed E-state index contributed by atoms with van der Waals surface area (Å²) in [6.07, 6.45) is -0.138. The fraction of sp³-hybridized carbons (Fsp3) is 0.429. The van der Waals surface area contributed by atoms with Crippen molar-refractivity contribution < 1.29 is 14.7 Å². The maximum atomic E-state index is 12.2. The van der Waals surface area contributed by atoms with Crippen LogP contribution in [0.5, 0.6) is 0 Å². The van der Waals surface area contributed by atoms with Crippen molar-refractivity contribution in [1.82, 2.24) is 5.32 Å². The van der Waals surface area contributed by atoms with Crippen molar-refractivity contribution in [3.63, 3.8) is 0 Å². The molecule has 0 saturated carbocycles. The second-order valence-electron chi connectivity index (χ2n) is 5.59. The maximum absolute atomic E-state index is 12.2. The minimum Gasteiger partial charge on any atom is -0.481 e. The summed E-state index contributed by atoms with van der Waals surface area (Å²) in [5, 5.41) is 12.0. The highest BCUT2D eigenvalue weighted by Gasteiger charge is 2.29. The van der Waals surface area contributed by atoms with Crippen LogP contribution in [0.3, 0.4) is 0 Å². The van der Waals surface area contributed by atoms with E-state index in [2.05, 4.69) is 21.2 Å². The lowest BCUT2D eigenvalue weighted by Gasteiger charge is -2.30. The minimum absolute atomic E-state index is 0.138. The van der Waals surface area contributed by atoms with Crippen LogP contribution >= 0.6 is 27.5 Å². The molecule has 0 saturated heterocycles. The van der Waals surface area contributed by atoms with Crippen molar-refractivity contribution >= 4 is 39.4 Å². The lowest BCUT2D eigenvalue weighted by atomic mass is 9.84. The molecule has 20 heavy (non-hydrogen) atoms. The number of carboxylic acid groups (broad SMARTS) is 1. The average molecular weight is 363 g/mol. The molecule has 4 nitrogen and oxygen atoms in total. The zero-order valence-electron chi connectivity index (χ0n) is 11.5. The quantitative estimate of drug-likeness (QED) is 0.858. The Labute approximate surface area is 131 Å². The number of benzene rings is 1. The molecule has 1 aromatic rings. The molecule has 1 atom stereocenters. The standard InChI is InChI=1S/C14H17BrClNO3/c1-14(2,3)10(7-11(18)19)17-13(20)8-5-4-6-9(15)12(8)16/h4-6,10H,7H2,1-3H3,(H,17,20)(H,18,19). The van der Waals surface area contributed by atoms with E-state index in [1.807, 2.05) is 20.8 Å². The number of carbonyl (C=O) groups is 2. The third-order valence-electron chi connectivity index (χ3n) is 2.93. The number of carboxylic acids is 1. The lowest BCUT2D eigenvalue weighted by Crippen LogP contribution is -2.45. The van der Waals surface area contributed by atoms with Gasteiger partial charge >= 0.3 is 5.97 Å². The van der Waals surface area contributed by atoms with Gasteiger partial charge in [0.2, 0.25) is 0 Å². The van der Waals surface area contributed by atoms with Crippen LogP contribution in [0.1, 0.15) is 37.6 Å². The monoisotopic (exact) mass is 361 g/mol. The van der Waals surface area contributed by atoms with Crippen molar-refractivity contribution in [3.05, 3.63) is 33.3 Å². The average Bonchev–Trinajstić information content (AvgIpc) is 2.30. The molecular formula is C14H17BrClNO3. The summed E-state index contributed by atoms with van der Waals surface area (Å²) in [6.45, 7) is 5.64. The Kier molecular flexibility index (Phi) is 5.59.